The maximum absolute atomic E-state index is 13.2. The number of thioether (sulfide) groups is 1. The average molecular weight is 470 g/mol. The first-order valence-corrected chi connectivity index (χ1v) is 11.0. The summed E-state index contributed by atoms with van der Waals surface area (Å²) < 4.78 is 0.791. The molecule has 3 aromatic carbocycles. The zero-order valence-electron chi connectivity index (χ0n) is 15.7. The van der Waals surface area contributed by atoms with Gasteiger partial charge in [0.25, 0.3) is 0 Å². The maximum Gasteiger partial charge on any atom is 0.245 e. The molecule has 4 nitrogen and oxygen atoms in total. The van der Waals surface area contributed by atoms with E-state index < -0.39 is 12.5 Å². The van der Waals surface area contributed by atoms with Crippen molar-refractivity contribution in [2.75, 3.05) is 6.61 Å². The van der Waals surface area contributed by atoms with Crippen molar-refractivity contribution in [2.24, 2.45) is 0 Å². The number of hydrogen-bond donors (Lipinski definition) is 2. The normalized spacial score (nSPS) is 14.6. The molecule has 0 aliphatic heterocycles. The molecule has 3 aromatic rings. The van der Waals surface area contributed by atoms with Crippen LogP contribution in [0.1, 0.15) is 34.3 Å². The Morgan fingerprint density at radius 1 is 1.07 bits per heavy atom. The number of rotatable bonds is 6. The summed E-state index contributed by atoms with van der Waals surface area (Å²) >= 11 is 4.99. The van der Waals surface area contributed by atoms with Gasteiger partial charge in [-0.05, 0) is 46.9 Å². The second-order valence-electron chi connectivity index (χ2n) is 7.15. The highest BCUT2D eigenvalue weighted by Gasteiger charge is 2.48. The van der Waals surface area contributed by atoms with Gasteiger partial charge in [-0.3, -0.25) is 9.59 Å². The lowest BCUT2D eigenvalue weighted by Crippen LogP contribution is -2.26. The van der Waals surface area contributed by atoms with Crippen molar-refractivity contribution in [1.82, 2.24) is 5.32 Å². The molecule has 0 saturated heterocycles. The number of aliphatic hydroxyl groups is 1. The molecule has 0 bridgehead atoms. The van der Waals surface area contributed by atoms with E-state index in [4.69, 9.17) is 5.11 Å². The summed E-state index contributed by atoms with van der Waals surface area (Å²) in [5.41, 5.74) is 2.54. The largest absolute Gasteiger partial charge is 0.387 e. The third-order valence-corrected chi connectivity index (χ3v) is 7.05. The molecular weight excluding hydrogens is 450 g/mol. The number of hydrogen-bond acceptors (Lipinski definition) is 4. The van der Waals surface area contributed by atoms with Gasteiger partial charge in [-0.2, -0.15) is 0 Å². The van der Waals surface area contributed by atoms with Crippen LogP contribution in [0.15, 0.2) is 65.1 Å². The molecule has 0 aromatic heterocycles. The molecule has 0 unspecified atom stereocenters. The van der Waals surface area contributed by atoms with Crippen molar-refractivity contribution in [2.45, 2.75) is 24.1 Å². The Bertz CT molecular complexity index is 1090. The van der Waals surface area contributed by atoms with Crippen molar-refractivity contribution in [3.63, 3.8) is 0 Å². The Kier molecular flexibility index (Phi) is 5.76. The van der Waals surface area contributed by atoms with Crippen molar-refractivity contribution >= 4 is 49.5 Å². The molecule has 2 N–H and O–H groups in total. The van der Waals surface area contributed by atoms with Crippen LogP contribution in [0.2, 0.25) is 0 Å². The second kappa shape index (κ2) is 8.30. The van der Waals surface area contributed by atoms with Crippen molar-refractivity contribution in [3.05, 3.63) is 81.8 Å². The number of benzene rings is 3. The zero-order chi connectivity index (χ0) is 20.4. The van der Waals surface area contributed by atoms with E-state index in [9.17, 15) is 9.59 Å². The summed E-state index contributed by atoms with van der Waals surface area (Å²) in [5.74, 6) is -0.459. The molecule has 1 aliphatic rings. The quantitative estimate of drug-likeness (QED) is 0.545. The van der Waals surface area contributed by atoms with Gasteiger partial charge in [0.15, 0.2) is 0 Å². The fourth-order valence-corrected chi connectivity index (χ4v) is 5.27. The molecular formula is C23H20BrNO3S. The van der Waals surface area contributed by atoms with Gasteiger partial charge >= 0.3 is 0 Å². The zero-order valence-corrected chi connectivity index (χ0v) is 18.1. The summed E-state index contributed by atoms with van der Waals surface area (Å²) in [6.45, 7) is -0.349. The fourth-order valence-electron chi connectivity index (χ4n) is 3.55. The molecule has 4 rings (SSSR count). The number of fused-ring (bicyclic) bond motifs is 1. The Balaban J connectivity index is 1.62. The van der Waals surface area contributed by atoms with Crippen molar-refractivity contribution in [3.8, 4) is 0 Å². The van der Waals surface area contributed by atoms with Crippen LogP contribution in [-0.4, -0.2) is 22.7 Å². The highest BCUT2D eigenvalue weighted by Crippen LogP contribution is 2.59. The van der Waals surface area contributed by atoms with Crippen LogP contribution in [0.25, 0.3) is 10.8 Å². The average Bonchev–Trinajstić information content (AvgIpc) is 3.51. The predicted octanol–water partition coefficient (Wildman–Crippen LogP) is 4.77. The van der Waals surface area contributed by atoms with Crippen LogP contribution in [0.3, 0.4) is 0 Å². The molecule has 148 valence electrons. The van der Waals surface area contributed by atoms with Gasteiger partial charge in [0, 0.05) is 21.3 Å². The van der Waals surface area contributed by atoms with Crippen molar-refractivity contribution in [1.29, 1.82) is 0 Å². The second-order valence-corrected chi connectivity index (χ2v) is 9.42. The Morgan fingerprint density at radius 2 is 1.79 bits per heavy atom. The van der Waals surface area contributed by atoms with E-state index in [2.05, 4.69) is 45.5 Å². The fraction of sp³-hybridized carbons (Fsp3) is 0.217. The highest BCUT2D eigenvalue weighted by molar-refractivity contribution is 9.10. The molecule has 0 atom stereocenters. The predicted molar refractivity (Wildman–Crippen MR) is 120 cm³/mol. The number of halogens is 1. The number of carbonyl (C=O) groups excluding carboxylic acids is 2. The Labute approximate surface area is 181 Å². The standard InChI is InChI=1S/C23H20BrNO3S/c24-17-11-15-5-1-3-7-18(15)20(12-17)23(9-10-23)29-22(28)19-8-4-2-6-16(19)13-25-21(27)14-26/h1-8,11-12,26H,9-10,13-14H2,(H,25,27). The molecule has 6 heteroatoms. The smallest absolute Gasteiger partial charge is 0.245 e. The van der Waals surface area contributed by atoms with Gasteiger partial charge in [0.05, 0.1) is 0 Å². The lowest BCUT2D eigenvalue weighted by Gasteiger charge is -2.18. The monoisotopic (exact) mass is 469 g/mol. The topological polar surface area (TPSA) is 66.4 Å². The molecule has 29 heavy (non-hydrogen) atoms. The summed E-state index contributed by atoms with van der Waals surface area (Å²) in [6.07, 6.45) is 1.90. The van der Waals surface area contributed by atoms with Gasteiger partial charge in [-0.1, -0.05) is 76.2 Å². The first-order chi connectivity index (χ1) is 14.0. The molecule has 0 heterocycles. The lowest BCUT2D eigenvalue weighted by molar-refractivity contribution is -0.123. The Morgan fingerprint density at radius 3 is 2.55 bits per heavy atom. The molecule has 1 aliphatic carbocycles. The van der Waals surface area contributed by atoms with E-state index in [1.807, 2.05) is 30.3 Å². The number of nitrogens with one attached hydrogen (secondary N) is 1. The highest BCUT2D eigenvalue weighted by atomic mass is 79.9. The molecule has 1 fully saturated rings. The van der Waals surface area contributed by atoms with Crippen LogP contribution in [0.4, 0.5) is 0 Å². The third-order valence-electron chi connectivity index (χ3n) is 5.17. The van der Waals surface area contributed by atoms with E-state index in [-0.39, 0.29) is 16.4 Å². The van der Waals surface area contributed by atoms with Crippen LogP contribution >= 0.6 is 27.7 Å². The van der Waals surface area contributed by atoms with E-state index in [1.165, 1.54) is 22.7 Å². The summed E-state index contributed by atoms with van der Waals surface area (Å²) in [7, 11) is 0. The third kappa shape index (κ3) is 4.25. The van der Waals surface area contributed by atoms with Crippen LogP contribution < -0.4 is 5.32 Å². The molecule has 1 amide bonds. The Hall–Kier alpha value is -2.15. The van der Waals surface area contributed by atoms with Crippen LogP contribution in [0.5, 0.6) is 0 Å². The van der Waals surface area contributed by atoms with E-state index in [1.54, 1.807) is 6.07 Å². The minimum absolute atomic E-state index is 0.000374. The van der Waals surface area contributed by atoms with Gasteiger partial charge in [0.1, 0.15) is 6.61 Å². The van der Waals surface area contributed by atoms with Gasteiger partial charge < -0.3 is 10.4 Å². The van der Waals surface area contributed by atoms with Crippen LogP contribution in [0, 0.1) is 0 Å². The first-order valence-electron chi connectivity index (χ1n) is 9.40. The SMILES string of the molecule is O=C(CO)NCc1ccccc1C(=O)SC1(c2cc(Br)cc3ccccc23)CC1. The molecule has 1 saturated carbocycles. The minimum atomic E-state index is -0.566. The van der Waals surface area contributed by atoms with E-state index in [0.717, 1.165) is 28.3 Å². The first kappa shape index (κ1) is 20.1. The van der Waals surface area contributed by atoms with E-state index in [0.29, 0.717) is 5.56 Å². The van der Waals surface area contributed by atoms with Crippen molar-refractivity contribution < 1.29 is 14.7 Å². The maximum atomic E-state index is 13.2. The van der Waals surface area contributed by atoms with Crippen LogP contribution in [-0.2, 0) is 16.1 Å². The summed E-state index contributed by atoms with van der Waals surface area (Å²) in [6, 6.07) is 19.8. The van der Waals surface area contributed by atoms with E-state index >= 15 is 0 Å². The van der Waals surface area contributed by atoms with Gasteiger partial charge in [-0.25, -0.2) is 0 Å². The lowest BCUT2D eigenvalue weighted by atomic mass is 10.0. The summed E-state index contributed by atoms with van der Waals surface area (Å²) in [5, 5.41) is 13.9. The molecule has 0 spiro atoms. The number of aliphatic hydroxyl groups excluding tert-OH is 1. The van der Waals surface area contributed by atoms with Gasteiger partial charge in [0.2, 0.25) is 11.0 Å². The summed E-state index contributed by atoms with van der Waals surface area (Å²) in [4.78, 5) is 24.6. The van der Waals surface area contributed by atoms with Gasteiger partial charge in [-0.15, -0.1) is 0 Å². The number of carbonyl (C=O) groups is 2. The molecule has 0 radical (unpaired) electrons. The number of amides is 1. The minimum Gasteiger partial charge on any atom is -0.387 e.